The number of nitrogens with one attached hydrogen (secondary N) is 1. The van der Waals surface area contributed by atoms with Crippen LogP contribution in [-0.4, -0.2) is 15.5 Å². The van der Waals surface area contributed by atoms with Crippen molar-refractivity contribution < 1.29 is 9.18 Å². The fourth-order valence-electron chi connectivity index (χ4n) is 1.62. The first kappa shape index (κ1) is 12.3. The Hall–Kier alpha value is -2.17. The number of carbonyl (C=O) groups excluding carboxylic acids is 1. The first-order chi connectivity index (χ1) is 8.66. The van der Waals surface area contributed by atoms with Crippen LogP contribution in [0.5, 0.6) is 0 Å². The van der Waals surface area contributed by atoms with Gasteiger partial charge in [-0.3, -0.25) is 4.79 Å². The zero-order chi connectivity index (χ0) is 13.0. The van der Waals surface area contributed by atoms with Gasteiger partial charge in [-0.2, -0.15) is 0 Å². The van der Waals surface area contributed by atoms with Crippen LogP contribution in [0.1, 0.15) is 11.4 Å². The lowest BCUT2D eigenvalue weighted by Gasteiger charge is -2.06. The van der Waals surface area contributed by atoms with Gasteiger partial charge in [0.25, 0.3) is 0 Å². The second-order valence-electron chi connectivity index (χ2n) is 4.00. The molecule has 1 N–H and O–H groups in total. The second-order valence-corrected chi connectivity index (χ2v) is 4.00. The zero-order valence-electron chi connectivity index (χ0n) is 10.1. The Balaban J connectivity index is 1.90. The van der Waals surface area contributed by atoms with Gasteiger partial charge < -0.3 is 9.88 Å². The highest BCUT2D eigenvalue weighted by atomic mass is 19.1. The van der Waals surface area contributed by atoms with Gasteiger partial charge in [0.15, 0.2) is 0 Å². The number of halogens is 1. The van der Waals surface area contributed by atoms with E-state index >= 15 is 0 Å². The van der Waals surface area contributed by atoms with Crippen LogP contribution in [0.2, 0.25) is 0 Å². The summed E-state index contributed by atoms with van der Waals surface area (Å²) in [5, 5.41) is 2.71. The molecule has 0 aliphatic rings. The topological polar surface area (TPSA) is 46.9 Å². The van der Waals surface area contributed by atoms with Crippen LogP contribution >= 0.6 is 0 Å². The van der Waals surface area contributed by atoms with Crippen LogP contribution in [0.3, 0.4) is 0 Å². The summed E-state index contributed by atoms with van der Waals surface area (Å²) < 4.78 is 15.2. The smallest absolute Gasteiger partial charge is 0.224 e. The molecule has 0 fully saturated rings. The van der Waals surface area contributed by atoms with Crippen molar-refractivity contribution in [3.05, 3.63) is 53.9 Å². The third-order valence-electron chi connectivity index (χ3n) is 2.67. The minimum atomic E-state index is -0.357. The van der Waals surface area contributed by atoms with Gasteiger partial charge in [-0.25, -0.2) is 9.37 Å². The van der Waals surface area contributed by atoms with Gasteiger partial charge in [-0.05, 0) is 11.6 Å². The Morgan fingerprint density at radius 3 is 2.89 bits per heavy atom. The van der Waals surface area contributed by atoms with Gasteiger partial charge in [0.1, 0.15) is 11.6 Å². The summed E-state index contributed by atoms with van der Waals surface area (Å²) in [6.45, 7) is 0.344. The predicted octanol–water partition coefficient (Wildman–Crippen LogP) is 1.42. The van der Waals surface area contributed by atoms with Crippen molar-refractivity contribution in [1.29, 1.82) is 0 Å². The molecule has 0 spiro atoms. The SMILES string of the molecule is Cn1ccnc1CNC(=O)Cc1ccccc1F. The molecular weight excluding hydrogens is 233 g/mol. The van der Waals surface area contributed by atoms with E-state index in [1.165, 1.54) is 6.07 Å². The van der Waals surface area contributed by atoms with Gasteiger partial charge in [0.2, 0.25) is 5.91 Å². The van der Waals surface area contributed by atoms with E-state index in [-0.39, 0.29) is 18.1 Å². The normalized spacial score (nSPS) is 10.3. The fourth-order valence-corrected chi connectivity index (χ4v) is 1.62. The lowest BCUT2D eigenvalue weighted by molar-refractivity contribution is -0.120. The van der Waals surface area contributed by atoms with E-state index in [2.05, 4.69) is 10.3 Å². The Morgan fingerprint density at radius 1 is 1.44 bits per heavy atom. The first-order valence-electron chi connectivity index (χ1n) is 5.63. The summed E-state index contributed by atoms with van der Waals surface area (Å²) in [5.41, 5.74) is 0.398. The van der Waals surface area contributed by atoms with Crippen molar-refractivity contribution in [2.75, 3.05) is 0 Å². The molecule has 0 saturated carbocycles. The molecule has 5 heteroatoms. The van der Waals surface area contributed by atoms with E-state index in [0.29, 0.717) is 12.1 Å². The van der Waals surface area contributed by atoms with Crippen LogP contribution in [0.15, 0.2) is 36.7 Å². The van der Waals surface area contributed by atoms with Gasteiger partial charge in [0, 0.05) is 19.4 Å². The van der Waals surface area contributed by atoms with Crippen molar-refractivity contribution in [3.63, 3.8) is 0 Å². The van der Waals surface area contributed by atoms with Crippen molar-refractivity contribution in [1.82, 2.24) is 14.9 Å². The maximum absolute atomic E-state index is 13.3. The van der Waals surface area contributed by atoms with Crippen molar-refractivity contribution >= 4 is 5.91 Å². The number of aromatic nitrogens is 2. The molecule has 0 atom stereocenters. The van der Waals surface area contributed by atoms with E-state index < -0.39 is 0 Å². The number of rotatable bonds is 4. The number of carbonyl (C=O) groups is 1. The molecule has 2 aromatic rings. The summed E-state index contributed by atoms with van der Waals surface area (Å²) in [5.74, 6) is 0.185. The molecule has 1 heterocycles. The summed E-state index contributed by atoms with van der Waals surface area (Å²) in [6.07, 6.45) is 3.51. The highest BCUT2D eigenvalue weighted by molar-refractivity contribution is 5.78. The molecule has 0 bridgehead atoms. The van der Waals surface area contributed by atoms with Gasteiger partial charge in [0.05, 0.1) is 13.0 Å². The molecule has 2 rings (SSSR count). The summed E-state index contributed by atoms with van der Waals surface area (Å²) in [7, 11) is 1.85. The lowest BCUT2D eigenvalue weighted by Crippen LogP contribution is -2.26. The van der Waals surface area contributed by atoms with E-state index in [4.69, 9.17) is 0 Å². The molecule has 1 amide bonds. The Bertz CT molecular complexity index is 551. The number of nitrogens with zero attached hydrogens (tertiary/aromatic N) is 2. The van der Waals surface area contributed by atoms with Gasteiger partial charge in [-0.1, -0.05) is 18.2 Å². The van der Waals surface area contributed by atoms with Crippen molar-refractivity contribution in [2.45, 2.75) is 13.0 Å². The molecule has 0 radical (unpaired) electrons. The Labute approximate surface area is 104 Å². The maximum atomic E-state index is 13.3. The molecule has 0 aliphatic carbocycles. The van der Waals surface area contributed by atoms with Crippen LogP contribution in [-0.2, 0) is 24.8 Å². The number of benzene rings is 1. The monoisotopic (exact) mass is 247 g/mol. The third-order valence-corrected chi connectivity index (χ3v) is 2.67. The van der Waals surface area contributed by atoms with Gasteiger partial charge >= 0.3 is 0 Å². The second kappa shape index (κ2) is 5.44. The lowest BCUT2D eigenvalue weighted by atomic mass is 10.1. The highest BCUT2D eigenvalue weighted by Crippen LogP contribution is 2.06. The first-order valence-corrected chi connectivity index (χ1v) is 5.63. The summed E-state index contributed by atoms with van der Waals surface area (Å²) in [4.78, 5) is 15.7. The Kier molecular flexibility index (Phi) is 3.72. The van der Waals surface area contributed by atoms with Crippen LogP contribution in [0, 0.1) is 5.82 Å². The molecule has 18 heavy (non-hydrogen) atoms. The van der Waals surface area contributed by atoms with Crippen LogP contribution in [0.25, 0.3) is 0 Å². The summed E-state index contributed by atoms with van der Waals surface area (Å²) in [6, 6.07) is 6.27. The third kappa shape index (κ3) is 2.94. The number of hydrogen-bond donors (Lipinski definition) is 1. The zero-order valence-corrected chi connectivity index (χ0v) is 10.1. The average Bonchev–Trinajstić information content (AvgIpc) is 2.75. The number of imidazole rings is 1. The van der Waals surface area contributed by atoms with E-state index in [1.54, 1.807) is 30.6 Å². The van der Waals surface area contributed by atoms with Crippen LogP contribution < -0.4 is 5.32 Å². The van der Waals surface area contributed by atoms with Crippen molar-refractivity contribution in [2.24, 2.45) is 7.05 Å². The standard InChI is InChI=1S/C13H14FN3O/c1-17-7-6-15-12(17)9-16-13(18)8-10-4-2-3-5-11(10)14/h2-7H,8-9H2,1H3,(H,16,18). The van der Waals surface area contributed by atoms with E-state index in [1.807, 2.05) is 11.6 Å². The molecule has 0 saturated heterocycles. The molecule has 0 aliphatic heterocycles. The number of aryl methyl sites for hydroxylation is 1. The number of hydrogen-bond acceptors (Lipinski definition) is 2. The highest BCUT2D eigenvalue weighted by Gasteiger charge is 2.08. The minimum Gasteiger partial charge on any atom is -0.349 e. The van der Waals surface area contributed by atoms with E-state index in [0.717, 1.165) is 5.82 Å². The quantitative estimate of drug-likeness (QED) is 0.888. The summed E-state index contributed by atoms with van der Waals surface area (Å²) >= 11 is 0. The molecule has 1 aromatic heterocycles. The maximum Gasteiger partial charge on any atom is 0.224 e. The molecule has 0 unspecified atom stereocenters. The van der Waals surface area contributed by atoms with Crippen molar-refractivity contribution in [3.8, 4) is 0 Å². The molecule has 1 aromatic carbocycles. The number of amides is 1. The molecule has 94 valence electrons. The average molecular weight is 247 g/mol. The predicted molar refractivity (Wildman–Crippen MR) is 65.2 cm³/mol. The fraction of sp³-hybridized carbons (Fsp3) is 0.231. The molecule has 4 nitrogen and oxygen atoms in total. The van der Waals surface area contributed by atoms with Gasteiger partial charge in [-0.15, -0.1) is 0 Å². The minimum absolute atomic E-state index is 0.0388. The Morgan fingerprint density at radius 2 is 2.22 bits per heavy atom. The van der Waals surface area contributed by atoms with Crippen LogP contribution in [0.4, 0.5) is 4.39 Å². The largest absolute Gasteiger partial charge is 0.349 e. The molecular formula is C13H14FN3O. The van der Waals surface area contributed by atoms with E-state index in [9.17, 15) is 9.18 Å².